The first-order valence-corrected chi connectivity index (χ1v) is 8.72. The fourth-order valence-electron chi connectivity index (χ4n) is 3.15. The van der Waals surface area contributed by atoms with E-state index in [1.54, 1.807) is 17.1 Å². The van der Waals surface area contributed by atoms with Gasteiger partial charge in [0.2, 0.25) is 5.91 Å². The third kappa shape index (κ3) is 3.55. The number of aromatic nitrogens is 4. The van der Waals surface area contributed by atoms with Crippen LogP contribution < -0.4 is 5.32 Å². The maximum atomic E-state index is 12.5. The lowest BCUT2D eigenvalue weighted by molar-refractivity contribution is -0.115. The predicted octanol–water partition coefficient (Wildman–Crippen LogP) is 3.61. The molecular formula is C21H19N5O. The monoisotopic (exact) mass is 357 g/mol. The molecule has 2 heterocycles. The van der Waals surface area contributed by atoms with Crippen LogP contribution >= 0.6 is 0 Å². The number of hydrogen-bond acceptors (Lipinski definition) is 4. The minimum atomic E-state index is -0.103. The molecule has 0 aliphatic rings. The molecule has 0 saturated heterocycles. The van der Waals surface area contributed by atoms with Gasteiger partial charge in [0.25, 0.3) is 5.95 Å². The van der Waals surface area contributed by atoms with Gasteiger partial charge in [-0.1, -0.05) is 42.5 Å². The van der Waals surface area contributed by atoms with Gasteiger partial charge >= 0.3 is 0 Å². The zero-order valence-corrected chi connectivity index (χ0v) is 15.2. The molecule has 0 unspecified atom stereocenters. The summed E-state index contributed by atoms with van der Waals surface area (Å²) in [5.41, 5.74) is 3.42. The highest BCUT2D eigenvalue weighted by molar-refractivity contribution is 5.96. The standard InChI is InChI=1S/C21H19N5O/c1-14-10-15(2)26(25-14)21-22-12-18(13-23-21)24-20(27)11-17-8-5-7-16-6-3-4-9-19(16)17/h3-10,12-13H,11H2,1-2H3,(H,24,27). The molecule has 0 aliphatic carbocycles. The smallest absolute Gasteiger partial charge is 0.250 e. The van der Waals surface area contributed by atoms with Crippen LogP contribution in [-0.4, -0.2) is 25.7 Å². The van der Waals surface area contributed by atoms with Gasteiger partial charge in [0.15, 0.2) is 0 Å². The van der Waals surface area contributed by atoms with E-state index in [0.717, 1.165) is 27.7 Å². The summed E-state index contributed by atoms with van der Waals surface area (Å²) >= 11 is 0. The Kier molecular flexibility index (Phi) is 4.38. The van der Waals surface area contributed by atoms with Crippen molar-refractivity contribution in [3.8, 4) is 5.95 Å². The highest BCUT2D eigenvalue weighted by Crippen LogP contribution is 2.19. The molecule has 0 aliphatic heterocycles. The molecule has 0 bridgehead atoms. The molecule has 0 atom stereocenters. The molecule has 6 nitrogen and oxygen atoms in total. The third-order valence-corrected chi connectivity index (χ3v) is 4.35. The van der Waals surface area contributed by atoms with Crippen LogP contribution in [-0.2, 0) is 11.2 Å². The largest absolute Gasteiger partial charge is 0.323 e. The lowest BCUT2D eigenvalue weighted by Crippen LogP contribution is -2.15. The maximum Gasteiger partial charge on any atom is 0.250 e. The molecule has 4 rings (SSSR count). The van der Waals surface area contributed by atoms with Crippen LogP contribution in [0.15, 0.2) is 60.9 Å². The summed E-state index contributed by atoms with van der Waals surface area (Å²) in [5, 5.41) is 9.43. The van der Waals surface area contributed by atoms with Crippen LogP contribution in [0.1, 0.15) is 17.0 Å². The molecule has 134 valence electrons. The summed E-state index contributed by atoms with van der Waals surface area (Å²) in [6, 6.07) is 16.0. The minimum absolute atomic E-state index is 0.103. The van der Waals surface area contributed by atoms with Crippen molar-refractivity contribution in [2.45, 2.75) is 20.3 Å². The number of hydrogen-bond donors (Lipinski definition) is 1. The van der Waals surface area contributed by atoms with Crippen LogP contribution in [0.2, 0.25) is 0 Å². The van der Waals surface area contributed by atoms with E-state index in [1.165, 1.54) is 0 Å². The van der Waals surface area contributed by atoms with Gasteiger partial charge in [0.1, 0.15) is 0 Å². The summed E-state index contributed by atoms with van der Waals surface area (Å²) in [6.45, 7) is 3.87. The first-order chi connectivity index (χ1) is 13.1. The molecule has 0 saturated carbocycles. The van der Waals surface area contributed by atoms with Crippen molar-refractivity contribution in [2.24, 2.45) is 0 Å². The fraction of sp³-hybridized carbons (Fsp3) is 0.143. The van der Waals surface area contributed by atoms with Gasteiger partial charge in [-0.25, -0.2) is 14.6 Å². The average Bonchev–Trinajstić information content (AvgIpc) is 3.01. The molecule has 1 N–H and O–H groups in total. The van der Waals surface area contributed by atoms with Crippen molar-refractivity contribution < 1.29 is 4.79 Å². The molecule has 4 aromatic rings. The fourth-order valence-corrected chi connectivity index (χ4v) is 3.15. The average molecular weight is 357 g/mol. The van der Waals surface area contributed by atoms with Crippen molar-refractivity contribution >= 4 is 22.4 Å². The lowest BCUT2D eigenvalue weighted by Gasteiger charge is -2.08. The molecule has 2 aromatic carbocycles. The Morgan fingerprint density at radius 1 is 1.04 bits per heavy atom. The Bertz CT molecular complexity index is 1110. The molecule has 27 heavy (non-hydrogen) atoms. The van der Waals surface area contributed by atoms with Crippen molar-refractivity contribution in [2.75, 3.05) is 5.32 Å². The van der Waals surface area contributed by atoms with Gasteiger partial charge in [0.05, 0.1) is 30.2 Å². The van der Waals surface area contributed by atoms with Crippen LogP contribution in [0.5, 0.6) is 0 Å². The summed E-state index contributed by atoms with van der Waals surface area (Å²) in [6.07, 6.45) is 3.49. The zero-order chi connectivity index (χ0) is 18.8. The number of nitrogens with one attached hydrogen (secondary N) is 1. The maximum absolute atomic E-state index is 12.5. The topological polar surface area (TPSA) is 72.7 Å². The zero-order valence-electron chi connectivity index (χ0n) is 15.2. The van der Waals surface area contributed by atoms with E-state index < -0.39 is 0 Å². The summed E-state index contributed by atoms with van der Waals surface area (Å²) in [4.78, 5) is 21.1. The Labute approximate surface area is 156 Å². The number of fused-ring (bicyclic) bond motifs is 1. The molecule has 2 aromatic heterocycles. The third-order valence-electron chi connectivity index (χ3n) is 4.35. The summed E-state index contributed by atoms with van der Waals surface area (Å²) < 4.78 is 1.68. The van der Waals surface area contributed by atoms with E-state index in [9.17, 15) is 4.79 Å². The van der Waals surface area contributed by atoms with Crippen LogP contribution in [0, 0.1) is 13.8 Å². The number of aryl methyl sites for hydroxylation is 2. The normalized spacial score (nSPS) is 10.9. The van der Waals surface area contributed by atoms with E-state index in [-0.39, 0.29) is 5.91 Å². The predicted molar refractivity (Wildman–Crippen MR) is 105 cm³/mol. The van der Waals surface area contributed by atoms with Crippen molar-refractivity contribution in [3.05, 3.63) is 77.9 Å². The van der Waals surface area contributed by atoms with Crippen LogP contribution in [0.3, 0.4) is 0 Å². The second-order valence-electron chi connectivity index (χ2n) is 6.47. The number of benzene rings is 2. The number of nitrogens with zero attached hydrogens (tertiary/aromatic N) is 4. The number of carbonyl (C=O) groups is 1. The number of carbonyl (C=O) groups excluding carboxylic acids is 1. The number of rotatable bonds is 4. The second kappa shape index (κ2) is 6.99. The van der Waals surface area contributed by atoms with Gasteiger partial charge in [-0.05, 0) is 36.2 Å². The Morgan fingerprint density at radius 2 is 1.78 bits per heavy atom. The van der Waals surface area contributed by atoms with Crippen LogP contribution in [0.4, 0.5) is 5.69 Å². The van der Waals surface area contributed by atoms with Gasteiger partial charge in [-0.2, -0.15) is 5.10 Å². The molecular weight excluding hydrogens is 338 g/mol. The summed E-state index contributed by atoms with van der Waals surface area (Å²) in [7, 11) is 0. The first kappa shape index (κ1) is 16.9. The number of amides is 1. The quantitative estimate of drug-likeness (QED) is 0.605. The Morgan fingerprint density at radius 3 is 2.52 bits per heavy atom. The van der Waals surface area contributed by atoms with Crippen LogP contribution in [0.25, 0.3) is 16.7 Å². The Hall–Kier alpha value is -3.54. The van der Waals surface area contributed by atoms with Gasteiger partial charge < -0.3 is 5.32 Å². The van der Waals surface area contributed by atoms with Gasteiger partial charge in [-0.15, -0.1) is 0 Å². The molecule has 0 spiro atoms. The molecule has 0 fully saturated rings. The lowest BCUT2D eigenvalue weighted by atomic mass is 10.0. The molecule has 0 radical (unpaired) electrons. The van der Waals surface area contributed by atoms with Crippen molar-refractivity contribution in [3.63, 3.8) is 0 Å². The highest BCUT2D eigenvalue weighted by atomic mass is 16.1. The van der Waals surface area contributed by atoms with Gasteiger partial charge in [-0.3, -0.25) is 4.79 Å². The van der Waals surface area contributed by atoms with E-state index >= 15 is 0 Å². The van der Waals surface area contributed by atoms with E-state index in [2.05, 4.69) is 20.4 Å². The minimum Gasteiger partial charge on any atom is -0.323 e. The van der Waals surface area contributed by atoms with Crippen molar-refractivity contribution in [1.82, 2.24) is 19.7 Å². The second-order valence-corrected chi connectivity index (χ2v) is 6.47. The van der Waals surface area contributed by atoms with E-state index in [0.29, 0.717) is 18.1 Å². The first-order valence-electron chi connectivity index (χ1n) is 8.72. The Balaban J connectivity index is 1.49. The number of anilines is 1. The molecule has 1 amide bonds. The van der Waals surface area contributed by atoms with E-state index in [1.807, 2.05) is 62.4 Å². The molecule has 6 heteroatoms. The van der Waals surface area contributed by atoms with Crippen molar-refractivity contribution in [1.29, 1.82) is 0 Å². The SMILES string of the molecule is Cc1cc(C)n(-c2ncc(NC(=O)Cc3cccc4ccccc34)cn2)n1. The summed E-state index contributed by atoms with van der Waals surface area (Å²) in [5.74, 6) is 0.376. The highest BCUT2D eigenvalue weighted by Gasteiger charge is 2.10. The van der Waals surface area contributed by atoms with E-state index in [4.69, 9.17) is 0 Å². The van der Waals surface area contributed by atoms with Gasteiger partial charge in [0, 0.05) is 5.69 Å².